The first-order chi connectivity index (χ1) is 7.65. The summed E-state index contributed by atoms with van der Waals surface area (Å²) in [6.07, 6.45) is 4.13. The molecule has 88 valence electrons. The molecule has 0 N–H and O–H groups in total. The second-order valence-corrected chi connectivity index (χ2v) is 4.67. The Balaban J connectivity index is 1.92. The van der Waals surface area contributed by atoms with Gasteiger partial charge in [-0.2, -0.15) is 5.10 Å². The summed E-state index contributed by atoms with van der Waals surface area (Å²) in [6, 6.07) is 2.04. The Morgan fingerprint density at radius 3 is 3.06 bits per heavy atom. The van der Waals surface area contributed by atoms with Gasteiger partial charge in [0.1, 0.15) is 5.78 Å². The third kappa shape index (κ3) is 2.70. The number of nitrogens with zero attached hydrogens (tertiary/aromatic N) is 3. The van der Waals surface area contributed by atoms with Crippen LogP contribution in [0.2, 0.25) is 0 Å². The fourth-order valence-corrected chi connectivity index (χ4v) is 2.31. The van der Waals surface area contributed by atoms with Crippen molar-refractivity contribution in [3.63, 3.8) is 0 Å². The van der Waals surface area contributed by atoms with Gasteiger partial charge >= 0.3 is 0 Å². The van der Waals surface area contributed by atoms with Gasteiger partial charge in [0.15, 0.2) is 0 Å². The standard InChI is InChI=1S/C12H19N3O/c1-10(16)11-4-3-6-15(8-11)9-12-5-7-14(2)13-12/h5,7,11H,3-4,6,8-9H2,1-2H3. The zero-order valence-electron chi connectivity index (χ0n) is 10.0. The number of aromatic nitrogens is 2. The van der Waals surface area contributed by atoms with Crippen molar-refractivity contribution in [3.05, 3.63) is 18.0 Å². The van der Waals surface area contributed by atoms with Crippen LogP contribution in [0.4, 0.5) is 0 Å². The number of Topliss-reactive ketones (excluding diaryl/α,β-unsaturated/α-hetero) is 1. The van der Waals surface area contributed by atoms with Crippen molar-refractivity contribution in [2.45, 2.75) is 26.3 Å². The fourth-order valence-electron chi connectivity index (χ4n) is 2.31. The molecule has 0 spiro atoms. The lowest BCUT2D eigenvalue weighted by molar-refractivity contribution is -0.122. The first kappa shape index (κ1) is 11.3. The van der Waals surface area contributed by atoms with Gasteiger partial charge in [-0.3, -0.25) is 14.4 Å². The highest BCUT2D eigenvalue weighted by Crippen LogP contribution is 2.18. The molecule has 1 saturated heterocycles. The van der Waals surface area contributed by atoms with Crippen LogP contribution in [0.15, 0.2) is 12.3 Å². The normalized spacial score (nSPS) is 22.2. The van der Waals surface area contributed by atoms with E-state index in [0.717, 1.165) is 38.2 Å². The van der Waals surface area contributed by atoms with E-state index >= 15 is 0 Å². The predicted octanol–water partition coefficient (Wildman–Crippen LogP) is 1.22. The van der Waals surface area contributed by atoms with Crippen molar-refractivity contribution in [1.29, 1.82) is 0 Å². The van der Waals surface area contributed by atoms with E-state index in [1.165, 1.54) is 0 Å². The maximum Gasteiger partial charge on any atom is 0.134 e. The second kappa shape index (κ2) is 4.78. The van der Waals surface area contributed by atoms with E-state index < -0.39 is 0 Å². The minimum Gasteiger partial charge on any atom is -0.300 e. The first-order valence-electron chi connectivity index (χ1n) is 5.86. The van der Waals surface area contributed by atoms with E-state index in [1.54, 1.807) is 6.92 Å². The maximum atomic E-state index is 11.4. The third-order valence-electron chi connectivity index (χ3n) is 3.23. The van der Waals surface area contributed by atoms with Gasteiger partial charge in [-0.25, -0.2) is 0 Å². The number of ketones is 1. The molecule has 0 bridgehead atoms. The van der Waals surface area contributed by atoms with E-state index in [-0.39, 0.29) is 5.92 Å². The number of hydrogen-bond acceptors (Lipinski definition) is 3. The highest BCUT2D eigenvalue weighted by molar-refractivity contribution is 5.78. The van der Waals surface area contributed by atoms with Crippen molar-refractivity contribution in [1.82, 2.24) is 14.7 Å². The van der Waals surface area contributed by atoms with Crippen molar-refractivity contribution in [2.75, 3.05) is 13.1 Å². The lowest BCUT2D eigenvalue weighted by atomic mass is 9.94. The van der Waals surface area contributed by atoms with Gasteiger partial charge in [0, 0.05) is 32.3 Å². The Bertz CT molecular complexity index is 372. The lowest BCUT2D eigenvalue weighted by Gasteiger charge is -2.30. The molecule has 4 nitrogen and oxygen atoms in total. The number of carbonyl (C=O) groups excluding carboxylic acids is 1. The molecule has 0 aliphatic carbocycles. The summed E-state index contributed by atoms with van der Waals surface area (Å²) >= 11 is 0. The summed E-state index contributed by atoms with van der Waals surface area (Å²) in [5.74, 6) is 0.559. The zero-order chi connectivity index (χ0) is 11.5. The van der Waals surface area contributed by atoms with Crippen LogP contribution < -0.4 is 0 Å². The van der Waals surface area contributed by atoms with Gasteiger partial charge in [-0.1, -0.05) is 0 Å². The SMILES string of the molecule is CC(=O)C1CCCN(Cc2ccn(C)n2)C1. The second-order valence-electron chi connectivity index (χ2n) is 4.67. The van der Waals surface area contributed by atoms with Gasteiger partial charge in [0.2, 0.25) is 0 Å². The molecular weight excluding hydrogens is 202 g/mol. The number of piperidine rings is 1. The van der Waals surface area contributed by atoms with E-state index in [4.69, 9.17) is 0 Å². The first-order valence-corrected chi connectivity index (χ1v) is 5.86. The lowest BCUT2D eigenvalue weighted by Crippen LogP contribution is -2.37. The quantitative estimate of drug-likeness (QED) is 0.770. The molecule has 4 heteroatoms. The van der Waals surface area contributed by atoms with Crippen LogP contribution in [0.1, 0.15) is 25.5 Å². The molecule has 0 radical (unpaired) electrons. The molecular formula is C12H19N3O. The number of likely N-dealkylation sites (tertiary alicyclic amines) is 1. The van der Waals surface area contributed by atoms with Gasteiger partial charge in [0.05, 0.1) is 5.69 Å². The van der Waals surface area contributed by atoms with E-state index in [9.17, 15) is 4.79 Å². The van der Waals surface area contributed by atoms with E-state index in [2.05, 4.69) is 10.00 Å². The van der Waals surface area contributed by atoms with Crippen LogP contribution in [-0.4, -0.2) is 33.6 Å². The molecule has 1 unspecified atom stereocenters. The number of rotatable bonds is 3. The molecule has 1 fully saturated rings. The largest absolute Gasteiger partial charge is 0.300 e. The van der Waals surface area contributed by atoms with Crippen molar-refractivity contribution in [3.8, 4) is 0 Å². The summed E-state index contributed by atoms with van der Waals surface area (Å²) in [6.45, 7) is 4.55. The number of aryl methyl sites for hydroxylation is 1. The van der Waals surface area contributed by atoms with Crippen LogP contribution in [0.5, 0.6) is 0 Å². The smallest absolute Gasteiger partial charge is 0.134 e. The third-order valence-corrected chi connectivity index (χ3v) is 3.23. The molecule has 0 amide bonds. The highest BCUT2D eigenvalue weighted by atomic mass is 16.1. The number of hydrogen-bond donors (Lipinski definition) is 0. The molecule has 2 heterocycles. The molecule has 0 saturated carbocycles. The summed E-state index contributed by atoms with van der Waals surface area (Å²) in [7, 11) is 1.93. The number of carbonyl (C=O) groups is 1. The zero-order valence-corrected chi connectivity index (χ0v) is 10.0. The highest BCUT2D eigenvalue weighted by Gasteiger charge is 2.23. The Morgan fingerprint density at radius 1 is 1.62 bits per heavy atom. The summed E-state index contributed by atoms with van der Waals surface area (Å²) in [5, 5.41) is 4.36. The topological polar surface area (TPSA) is 38.1 Å². The minimum absolute atomic E-state index is 0.234. The molecule has 0 aromatic carbocycles. The molecule has 1 aromatic rings. The van der Waals surface area contributed by atoms with E-state index in [0.29, 0.717) is 5.78 Å². The Morgan fingerprint density at radius 2 is 2.44 bits per heavy atom. The van der Waals surface area contributed by atoms with Crippen LogP contribution in [0.3, 0.4) is 0 Å². The minimum atomic E-state index is 0.234. The molecule has 1 aliphatic rings. The molecule has 1 atom stereocenters. The van der Waals surface area contributed by atoms with Gasteiger partial charge in [-0.05, 0) is 32.4 Å². The molecule has 1 aromatic heterocycles. The average Bonchev–Trinajstić information content (AvgIpc) is 2.64. The van der Waals surface area contributed by atoms with E-state index in [1.807, 2.05) is 24.0 Å². The summed E-state index contributed by atoms with van der Waals surface area (Å²) in [4.78, 5) is 13.7. The van der Waals surface area contributed by atoms with Gasteiger partial charge < -0.3 is 0 Å². The average molecular weight is 221 g/mol. The van der Waals surface area contributed by atoms with Crippen molar-refractivity contribution < 1.29 is 4.79 Å². The molecule has 1 aliphatic heterocycles. The van der Waals surface area contributed by atoms with Gasteiger partial charge in [-0.15, -0.1) is 0 Å². The molecule has 2 rings (SSSR count). The van der Waals surface area contributed by atoms with Crippen LogP contribution in [-0.2, 0) is 18.4 Å². The Kier molecular flexibility index (Phi) is 3.39. The van der Waals surface area contributed by atoms with Crippen LogP contribution in [0.25, 0.3) is 0 Å². The molecule has 16 heavy (non-hydrogen) atoms. The Labute approximate surface area is 96.2 Å². The van der Waals surface area contributed by atoms with Crippen LogP contribution in [0, 0.1) is 5.92 Å². The van der Waals surface area contributed by atoms with Crippen LogP contribution >= 0.6 is 0 Å². The summed E-state index contributed by atoms with van der Waals surface area (Å²) < 4.78 is 1.82. The van der Waals surface area contributed by atoms with Crippen molar-refractivity contribution in [2.24, 2.45) is 13.0 Å². The predicted molar refractivity (Wildman–Crippen MR) is 61.9 cm³/mol. The Hall–Kier alpha value is -1.16. The summed E-state index contributed by atoms with van der Waals surface area (Å²) in [5.41, 5.74) is 1.09. The maximum absolute atomic E-state index is 11.4. The van der Waals surface area contributed by atoms with Crippen molar-refractivity contribution >= 4 is 5.78 Å². The fraction of sp³-hybridized carbons (Fsp3) is 0.667. The van der Waals surface area contributed by atoms with Gasteiger partial charge in [0.25, 0.3) is 0 Å². The monoisotopic (exact) mass is 221 g/mol.